The molecule has 22 heavy (non-hydrogen) atoms. The zero-order valence-electron chi connectivity index (χ0n) is 10.9. The topological polar surface area (TPSA) is 64.3 Å². The molecule has 0 radical (unpaired) electrons. The average molecular weight is 397 g/mol. The van der Waals surface area contributed by atoms with Gasteiger partial charge in [0.05, 0.1) is 4.90 Å². The quantitative estimate of drug-likeness (QED) is 0.779. The summed E-state index contributed by atoms with van der Waals surface area (Å²) < 4.78 is 64.8. The monoisotopic (exact) mass is 396 g/mol. The van der Waals surface area contributed by atoms with Gasteiger partial charge in [-0.15, -0.1) is 0 Å². The average Bonchev–Trinajstić information content (AvgIpc) is 2.39. The second kappa shape index (κ2) is 5.54. The lowest BCUT2D eigenvalue weighted by molar-refractivity contribution is -0.154. The molecular formula is C13H8BrF3O4S. The van der Waals surface area contributed by atoms with E-state index >= 15 is 0 Å². The minimum atomic E-state index is -4.80. The van der Waals surface area contributed by atoms with E-state index in [4.69, 9.17) is 0 Å². The third-order valence-corrected chi connectivity index (χ3v) is 4.65. The highest BCUT2D eigenvalue weighted by atomic mass is 79.9. The van der Waals surface area contributed by atoms with Crippen LogP contribution in [0, 0.1) is 0 Å². The van der Waals surface area contributed by atoms with E-state index in [1.165, 1.54) is 24.3 Å². The highest BCUT2D eigenvalue weighted by Crippen LogP contribution is 2.34. The molecule has 0 amide bonds. The summed E-state index contributed by atoms with van der Waals surface area (Å²) in [6.45, 7) is 0. The van der Waals surface area contributed by atoms with Crippen molar-refractivity contribution >= 4 is 25.8 Å². The first-order valence-electron chi connectivity index (χ1n) is 5.71. The van der Waals surface area contributed by atoms with Gasteiger partial charge in [-0.2, -0.15) is 13.2 Å². The highest BCUT2D eigenvalue weighted by Gasteiger charge is 2.35. The van der Waals surface area contributed by atoms with Gasteiger partial charge in [0.2, 0.25) is 5.76 Å². The lowest BCUT2D eigenvalue weighted by atomic mass is 10.1. The zero-order chi connectivity index (χ0) is 16.7. The van der Waals surface area contributed by atoms with Crippen LogP contribution in [0.3, 0.4) is 0 Å². The van der Waals surface area contributed by atoms with Crippen molar-refractivity contribution in [2.75, 3.05) is 6.26 Å². The van der Waals surface area contributed by atoms with E-state index in [1.54, 1.807) is 0 Å². The van der Waals surface area contributed by atoms with Crippen molar-refractivity contribution in [1.82, 2.24) is 0 Å². The Morgan fingerprint density at radius 3 is 2.14 bits per heavy atom. The van der Waals surface area contributed by atoms with Gasteiger partial charge in [-0.1, -0.05) is 12.1 Å². The Kier molecular flexibility index (Phi) is 4.22. The number of halogens is 4. The van der Waals surface area contributed by atoms with Gasteiger partial charge in [0.1, 0.15) is 4.47 Å². The van der Waals surface area contributed by atoms with Crippen LogP contribution < -0.4 is 5.63 Å². The summed E-state index contributed by atoms with van der Waals surface area (Å²) in [5.74, 6) is -1.43. The third-order valence-electron chi connectivity index (χ3n) is 2.77. The highest BCUT2D eigenvalue weighted by molar-refractivity contribution is 9.10. The molecule has 9 heteroatoms. The summed E-state index contributed by atoms with van der Waals surface area (Å²) in [7, 11) is -3.42. The molecule has 0 aliphatic carbocycles. The van der Waals surface area contributed by atoms with E-state index in [2.05, 4.69) is 20.3 Å². The van der Waals surface area contributed by atoms with Crippen molar-refractivity contribution in [2.45, 2.75) is 11.1 Å². The first-order chi connectivity index (χ1) is 10.00. The molecule has 0 fully saturated rings. The van der Waals surface area contributed by atoms with Gasteiger partial charge >= 0.3 is 11.8 Å². The Hall–Kier alpha value is -1.61. The van der Waals surface area contributed by atoms with E-state index in [0.717, 1.165) is 6.26 Å². The van der Waals surface area contributed by atoms with Crippen LogP contribution in [0.4, 0.5) is 13.2 Å². The molecule has 0 spiro atoms. The fourth-order valence-electron chi connectivity index (χ4n) is 1.71. The largest absolute Gasteiger partial charge is 0.449 e. The Morgan fingerprint density at radius 1 is 1.14 bits per heavy atom. The molecule has 118 valence electrons. The van der Waals surface area contributed by atoms with Crippen LogP contribution >= 0.6 is 15.9 Å². The van der Waals surface area contributed by atoms with Crippen molar-refractivity contribution in [3.63, 3.8) is 0 Å². The van der Waals surface area contributed by atoms with E-state index in [0.29, 0.717) is 6.07 Å². The summed E-state index contributed by atoms with van der Waals surface area (Å²) in [6, 6.07) is 5.81. The summed E-state index contributed by atoms with van der Waals surface area (Å²) in [4.78, 5) is 11.5. The minimum Gasteiger partial charge on any atom is -0.417 e. The summed E-state index contributed by atoms with van der Waals surface area (Å²) in [6.07, 6.45) is -3.79. The molecule has 0 aliphatic heterocycles. The van der Waals surface area contributed by atoms with Crippen LogP contribution in [-0.2, 0) is 16.0 Å². The molecule has 0 aliphatic rings. The lowest BCUT2D eigenvalue weighted by Gasteiger charge is -2.09. The van der Waals surface area contributed by atoms with Gasteiger partial charge < -0.3 is 4.42 Å². The van der Waals surface area contributed by atoms with Crippen LogP contribution in [0.1, 0.15) is 5.76 Å². The maximum absolute atomic E-state index is 12.7. The number of alkyl halides is 3. The van der Waals surface area contributed by atoms with Gasteiger partial charge in [0, 0.05) is 11.8 Å². The molecule has 0 N–H and O–H groups in total. The van der Waals surface area contributed by atoms with E-state index in [9.17, 15) is 26.4 Å². The molecular weight excluding hydrogens is 389 g/mol. The molecule has 4 nitrogen and oxygen atoms in total. The van der Waals surface area contributed by atoms with Gasteiger partial charge in [-0.3, -0.25) is 0 Å². The number of hydrogen-bond acceptors (Lipinski definition) is 4. The molecule has 0 saturated heterocycles. The van der Waals surface area contributed by atoms with Gasteiger partial charge in [0.15, 0.2) is 9.84 Å². The SMILES string of the molecule is CS(=O)(=O)c1ccc(-c2cc(C(F)(F)F)oc(=O)c2Br)cc1. The molecule has 0 bridgehead atoms. The molecule has 1 aromatic heterocycles. The maximum Gasteiger partial charge on any atom is 0.449 e. The van der Waals surface area contributed by atoms with Crippen LogP contribution in [0.2, 0.25) is 0 Å². The van der Waals surface area contributed by atoms with Gasteiger partial charge in [0.25, 0.3) is 0 Å². The number of rotatable bonds is 2. The van der Waals surface area contributed by atoms with E-state index in [1.807, 2.05) is 0 Å². The third kappa shape index (κ3) is 3.41. The standard InChI is InChI=1S/C13H8BrF3O4S/c1-22(19,20)8-4-2-7(3-5-8)9-6-10(13(15,16)17)21-12(18)11(9)14/h2-6H,1H3. The Bertz CT molecular complexity index is 868. The molecule has 0 unspecified atom stereocenters. The van der Waals surface area contributed by atoms with Crippen LogP contribution in [0.5, 0.6) is 0 Å². The van der Waals surface area contributed by atoms with Gasteiger partial charge in [-0.05, 0) is 39.7 Å². The Labute approximate surface area is 131 Å². The molecule has 1 heterocycles. The summed E-state index contributed by atoms with van der Waals surface area (Å²) in [5.41, 5.74) is -0.960. The molecule has 0 saturated carbocycles. The predicted molar refractivity (Wildman–Crippen MR) is 76.2 cm³/mol. The van der Waals surface area contributed by atoms with Crippen molar-refractivity contribution in [3.05, 3.63) is 51.0 Å². The number of benzene rings is 1. The predicted octanol–water partition coefficient (Wildman–Crippen LogP) is 3.49. The summed E-state index contributed by atoms with van der Waals surface area (Å²) in [5, 5.41) is 0. The lowest BCUT2D eigenvalue weighted by Crippen LogP contribution is -2.12. The van der Waals surface area contributed by atoms with Gasteiger partial charge in [-0.25, -0.2) is 13.2 Å². The maximum atomic E-state index is 12.7. The molecule has 1 aromatic carbocycles. The van der Waals surface area contributed by atoms with Crippen LogP contribution in [0.25, 0.3) is 11.1 Å². The number of hydrogen-bond donors (Lipinski definition) is 0. The molecule has 0 atom stereocenters. The number of sulfone groups is 1. The smallest absolute Gasteiger partial charge is 0.417 e. The van der Waals surface area contributed by atoms with E-state index in [-0.39, 0.29) is 20.5 Å². The molecule has 2 aromatic rings. The normalized spacial score (nSPS) is 12.4. The fourth-order valence-corrected chi connectivity index (χ4v) is 2.76. The van der Waals surface area contributed by atoms with Crippen LogP contribution in [-0.4, -0.2) is 14.7 Å². The van der Waals surface area contributed by atoms with Crippen molar-refractivity contribution in [1.29, 1.82) is 0 Å². The molecule has 2 rings (SSSR count). The Balaban J connectivity index is 2.62. The second-order valence-electron chi connectivity index (χ2n) is 4.42. The van der Waals surface area contributed by atoms with Crippen molar-refractivity contribution < 1.29 is 26.0 Å². The first kappa shape index (κ1) is 16.8. The summed E-state index contributed by atoms with van der Waals surface area (Å²) >= 11 is 2.88. The van der Waals surface area contributed by atoms with Crippen molar-refractivity contribution in [3.8, 4) is 11.1 Å². The zero-order valence-corrected chi connectivity index (χ0v) is 13.3. The Morgan fingerprint density at radius 2 is 1.68 bits per heavy atom. The second-order valence-corrected chi connectivity index (χ2v) is 7.23. The van der Waals surface area contributed by atoms with Crippen LogP contribution in [0.15, 0.2) is 48.9 Å². The van der Waals surface area contributed by atoms with Crippen molar-refractivity contribution in [2.24, 2.45) is 0 Å². The first-order valence-corrected chi connectivity index (χ1v) is 8.40. The van der Waals surface area contributed by atoms with E-state index < -0.39 is 27.4 Å². The fraction of sp³-hybridized carbons (Fsp3) is 0.154. The minimum absolute atomic E-state index is 0.0198.